The highest BCUT2D eigenvalue weighted by molar-refractivity contribution is 5.57. The lowest BCUT2D eigenvalue weighted by Gasteiger charge is -2.06. The monoisotopic (exact) mass is 126 g/mol. The molecular formula is C7H4F2. The normalized spacial score (nSPS) is 26.4. The van der Waals surface area contributed by atoms with E-state index >= 15 is 0 Å². The Balaban J connectivity index is 2.61. The minimum absolute atomic E-state index is 0.123. The Hall–Kier alpha value is -0.920. The first-order valence-corrected chi connectivity index (χ1v) is 2.70. The maximum atomic E-state index is 12.6. The van der Waals surface area contributed by atoms with Crippen molar-refractivity contribution < 1.29 is 8.78 Å². The van der Waals surface area contributed by atoms with Crippen LogP contribution in [0.1, 0.15) is 0 Å². The maximum Gasteiger partial charge on any atom is 0.298 e. The molecule has 0 aliphatic heterocycles. The van der Waals surface area contributed by atoms with Crippen molar-refractivity contribution in [3.63, 3.8) is 0 Å². The van der Waals surface area contributed by atoms with Crippen LogP contribution in [-0.2, 0) is 0 Å². The van der Waals surface area contributed by atoms with Crippen molar-refractivity contribution in [1.82, 2.24) is 0 Å². The van der Waals surface area contributed by atoms with Crippen molar-refractivity contribution >= 4 is 0 Å². The zero-order valence-electron chi connectivity index (χ0n) is 4.57. The van der Waals surface area contributed by atoms with Gasteiger partial charge in [0.15, 0.2) is 0 Å². The molecule has 0 heterocycles. The van der Waals surface area contributed by atoms with Gasteiger partial charge in [0, 0.05) is 11.1 Å². The SMILES string of the molecule is FC1(F)C2=CC=C1C=C2. The van der Waals surface area contributed by atoms with Gasteiger partial charge in [-0.05, 0) is 0 Å². The molecule has 2 rings (SSSR count). The fraction of sp³-hybridized carbons (Fsp3) is 0.143. The highest BCUT2D eigenvalue weighted by atomic mass is 19.3. The summed E-state index contributed by atoms with van der Waals surface area (Å²) in [6, 6.07) is 0. The van der Waals surface area contributed by atoms with Crippen LogP contribution in [-0.4, -0.2) is 5.92 Å². The molecule has 0 spiro atoms. The fourth-order valence-electron chi connectivity index (χ4n) is 1.06. The number of halogens is 2. The Morgan fingerprint density at radius 2 is 1.44 bits per heavy atom. The molecule has 2 heteroatoms. The van der Waals surface area contributed by atoms with Crippen molar-refractivity contribution in [2.24, 2.45) is 0 Å². The van der Waals surface area contributed by atoms with E-state index in [0.717, 1.165) is 0 Å². The van der Waals surface area contributed by atoms with Crippen LogP contribution in [0.15, 0.2) is 35.5 Å². The van der Waals surface area contributed by atoms with Gasteiger partial charge >= 0.3 is 0 Å². The highest BCUT2D eigenvalue weighted by Gasteiger charge is 2.42. The molecule has 0 fully saturated rings. The molecule has 0 saturated carbocycles. The summed E-state index contributed by atoms with van der Waals surface area (Å²) in [5, 5.41) is 0. The van der Waals surface area contributed by atoms with Gasteiger partial charge in [-0.3, -0.25) is 0 Å². The summed E-state index contributed by atoms with van der Waals surface area (Å²) in [6.07, 6.45) is 5.81. The smallest absolute Gasteiger partial charge is 0.196 e. The molecule has 0 aromatic rings. The lowest BCUT2D eigenvalue weighted by atomic mass is 10.2. The molecule has 0 radical (unpaired) electrons. The fourth-order valence-corrected chi connectivity index (χ4v) is 1.06. The highest BCUT2D eigenvalue weighted by Crippen LogP contribution is 2.43. The van der Waals surface area contributed by atoms with Crippen LogP contribution in [0.5, 0.6) is 0 Å². The zero-order valence-corrected chi connectivity index (χ0v) is 4.57. The van der Waals surface area contributed by atoms with Gasteiger partial charge in [-0.2, -0.15) is 8.78 Å². The summed E-state index contributed by atoms with van der Waals surface area (Å²) in [4.78, 5) is 0. The summed E-state index contributed by atoms with van der Waals surface area (Å²) >= 11 is 0. The zero-order chi connectivity index (χ0) is 6.48. The van der Waals surface area contributed by atoms with Crippen LogP contribution < -0.4 is 0 Å². The summed E-state index contributed by atoms with van der Waals surface area (Å²) in [5.41, 5.74) is 0.245. The van der Waals surface area contributed by atoms with Crippen LogP contribution in [0, 0.1) is 0 Å². The van der Waals surface area contributed by atoms with Gasteiger partial charge in [-0.15, -0.1) is 0 Å². The van der Waals surface area contributed by atoms with Gasteiger partial charge < -0.3 is 0 Å². The van der Waals surface area contributed by atoms with Gasteiger partial charge in [-0.1, -0.05) is 24.3 Å². The lowest BCUT2D eigenvalue weighted by molar-refractivity contribution is 0.0990. The Labute approximate surface area is 51.2 Å². The lowest BCUT2D eigenvalue weighted by Crippen LogP contribution is -2.11. The molecular weight excluding hydrogens is 122 g/mol. The first kappa shape index (κ1) is 4.91. The number of alkyl halides is 2. The number of allylic oxidation sites excluding steroid dienone is 6. The van der Waals surface area contributed by atoms with E-state index in [2.05, 4.69) is 0 Å². The minimum atomic E-state index is -2.67. The molecule has 0 aromatic carbocycles. The van der Waals surface area contributed by atoms with Crippen molar-refractivity contribution in [3.05, 3.63) is 35.5 Å². The number of hydrogen-bond donors (Lipinski definition) is 0. The van der Waals surface area contributed by atoms with Crippen LogP contribution in [0.3, 0.4) is 0 Å². The largest absolute Gasteiger partial charge is 0.298 e. The third kappa shape index (κ3) is 0.411. The molecule has 0 atom stereocenters. The first-order chi connectivity index (χ1) is 4.21. The first-order valence-electron chi connectivity index (χ1n) is 2.70. The standard InChI is InChI=1S/C7H4F2/c8-7(9)5-1-2-6(7)4-3-5/h1-4H. The van der Waals surface area contributed by atoms with E-state index in [9.17, 15) is 8.78 Å². The van der Waals surface area contributed by atoms with Crippen LogP contribution in [0.4, 0.5) is 8.78 Å². The van der Waals surface area contributed by atoms with Gasteiger partial charge in [-0.25, -0.2) is 0 Å². The molecule has 46 valence electrons. The van der Waals surface area contributed by atoms with E-state index in [1.54, 1.807) is 0 Å². The number of fused-ring (bicyclic) bond motifs is 2. The van der Waals surface area contributed by atoms with Crippen molar-refractivity contribution in [3.8, 4) is 0 Å². The van der Waals surface area contributed by atoms with Crippen LogP contribution in [0.2, 0.25) is 0 Å². The predicted octanol–water partition coefficient (Wildman–Crippen LogP) is 2.06. The second-order valence-electron chi connectivity index (χ2n) is 2.15. The summed E-state index contributed by atoms with van der Waals surface area (Å²) in [5.74, 6) is -2.67. The van der Waals surface area contributed by atoms with E-state index in [-0.39, 0.29) is 11.1 Å². The summed E-state index contributed by atoms with van der Waals surface area (Å²) in [7, 11) is 0. The van der Waals surface area contributed by atoms with Crippen molar-refractivity contribution in [1.29, 1.82) is 0 Å². The molecule has 2 bridgehead atoms. The van der Waals surface area contributed by atoms with Crippen LogP contribution in [0.25, 0.3) is 0 Å². The van der Waals surface area contributed by atoms with E-state index in [1.807, 2.05) is 0 Å². The van der Waals surface area contributed by atoms with Crippen molar-refractivity contribution in [2.45, 2.75) is 5.92 Å². The van der Waals surface area contributed by atoms with Gasteiger partial charge in [0.2, 0.25) is 0 Å². The van der Waals surface area contributed by atoms with E-state index in [1.165, 1.54) is 24.3 Å². The minimum Gasteiger partial charge on any atom is -0.196 e. The van der Waals surface area contributed by atoms with Gasteiger partial charge in [0.1, 0.15) is 0 Å². The molecule has 0 nitrogen and oxygen atoms in total. The molecule has 0 N–H and O–H groups in total. The maximum absolute atomic E-state index is 12.6. The second kappa shape index (κ2) is 1.15. The Bertz CT molecular complexity index is 220. The van der Waals surface area contributed by atoms with Gasteiger partial charge in [0.05, 0.1) is 0 Å². The third-order valence-corrected chi connectivity index (χ3v) is 1.61. The number of rotatable bonds is 0. The van der Waals surface area contributed by atoms with Crippen molar-refractivity contribution in [2.75, 3.05) is 0 Å². The molecule has 0 amide bonds. The van der Waals surface area contributed by atoms with E-state index in [0.29, 0.717) is 0 Å². The summed E-state index contributed by atoms with van der Waals surface area (Å²) in [6.45, 7) is 0. The molecule has 0 unspecified atom stereocenters. The summed E-state index contributed by atoms with van der Waals surface area (Å²) < 4.78 is 25.2. The third-order valence-electron chi connectivity index (χ3n) is 1.61. The number of hydrogen-bond acceptors (Lipinski definition) is 0. The molecule has 9 heavy (non-hydrogen) atoms. The molecule has 2 aliphatic carbocycles. The van der Waals surface area contributed by atoms with Gasteiger partial charge in [0.25, 0.3) is 5.92 Å². The van der Waals surface area contributed by atoms with Crippen LogP contribution >= 0.6 is 0 Å². The Morgan fingerprint density at radius 3 is 1.56 bits per heavy atom. The Kier molecular flexibility index (Phi) is 0.628. The predicted molar refractivity (Wildman–Crippen MR) is 30.3 cm³/mol. The average Bonchev–Trinajstić information content (AvgIpc) is 2.24. The average molecular weight is 126 g/mol. The molecule has 0 aromatic heterocycles. The van der Waals surface area contributed by atoms with E-state index in [4.69, 9.17) is 0 Å². The molecule has 2 aliphatic rings. The molecule has 0 saturated heterocycles. The second-order valence-corrected chi connectivity index (χ2v) is 2.15. The quantitative estimate of drug-likeness (QED) is 0.466. The van der Waals surface area contributed by atoms with E-state index < -0.39 is 5.92 Å². The Morgan fingerprint density at radius 1 is 1.00 bits per heavy atom. The topological polar surface area (TPSA) is 0 Å².